The van der Waals surface area contributed by atoms with E-state index >= 15 is 0 Å². The highest BCUT2D eigenvalue weighted by Crippen LogP contribution is 2.51. The van der Waals surface area contributed by atoms with Crippen LogP contribution in [-0.4, -0.2) is 29.0 Å². The molecule has 2 atom stereocenters. The van der Waals surface area contributed by atoms with E-state index in [1.807, 2.05) is 0 Å². The maximum Gasteiger partial charge on any atom is 0.0733 e. The second-order valence-electron chi connectivity index (χ2n) is 6.51. The van der Waals surface area contributed by atoms with Crippen LogP contribution in [0.5, 0.6) is 0 Å². The van der Waals surface area contributed by atoms with Crippen LogP contribution < -0.4 is 5.73 Å². The molecule has 0 radical (unpaired) electrons. The predicted molar refractivity (Wildman–Crippen MR) is 75.0 cm³/mol. The van der Waals surface area contributed by atoms with Gasteiger partial charge in [0, 0.05) is 19.0 Å². The van der Waals surface area contributed by atoms with Gasteiger partial charge in [-0.3, -0.25) is 4.90 Å². The van der Waals surface area contributed by atoms with Gasteiger partial charge in [0.1, 0.15) is 0 Å². The predicted octanol–water partition coefficient (Wildman–Crippen LogP) is 2.71. The molecule has 2 unspecified atom stereocenters. The second kappa shape index (κ2) is 4.51. The zero-order chi connectivity index (χ0) is 11.9. The van der Waals surface area contributed by atoms with Crippen LogP contribution in [0.25, 0.3) is 0 Å². The minimum absolute atomic E-state index is 0.482. The fraction of sp³-hybridized carbons (Fsp3) is 0.929. The summed E-state index contributed by atoms with van der Waals surface area (Å²) in [5.41, 5.74) is 6.23. The first-order valence-corrected chi connectivity index (χ1v) is 7.62. The number of fused-ring (bicyclic) bond motifs is 1. The third kappa shape index (κ3) is 2.50. The van der Waals surface area contributed by atoms with Crippen LogP contribution in [0.15, 0.2) is 0 Å². The Morgan fingerprint density at radius 2 is 2.00 bits per heavy atom. The molecule has 2 nitrogen and oxygen atoms in total. The van der Waals surface area contributed by atoms with Gasteiger partial charge in [0.2, 0.25) is 0 Å². The van der Waals surface area contributed by atoms with Crippen LogP contribution in [0.1, 0.15) is 51.4 Å². The number of rotatable bonds is 4. The summed E-state index contributed by atoms with van der Waals surface area (Å²) in [6, 6.07) is 0.896. The molecular weight excluding hydrogens is 228 g/mol. The third-order valence-electron chi connectivity index (χ3n) is 5.15. The standard InChI is InChI=1S/C14H24N2S/c15-13(17)9-14(6-7-14)10-16-8-2-4-11-3-1-5-12(11)16/h11-12H,1-10H2,(H2,15,17). The molecule has 96 valence electrons. The molecule has 2 aliphatic carbocycles. The summed E-state index contributed by atoms with van der Waals surface area (Å²) >= 11 is 5.10. The van der Waals surface area contributed by atoms with E-state index < -0.39 is 0 Å². The Morgan fingerprint density at radius 1 is 1.24 bits per heavy atom. The largest absolute Gasteiger partial charge is 0.393 e. The number of nitrogens with zero attached hydrogens (tertiary/aromatic N) is 1. The van der Waals surface area contributed by atoms with E-state index in [0.29, 0.717) is 5.41 Å². The summed E-state index contributed by atoms with van der Waals surface area (Å²) in [4.78, 5) is 3.51. The quantitative estimate of drug-likeness (QED) is 0.780. The van der Waals surface area contributed by atoms with E-state index in [1.165, 1.54) is 58.0 Å². The Balaban J connectivity index is 1.62. The number of piperidine rings is 1. The molecule has 3 fully saturated rings. The zero-order valence-electron chi connectivity index (χ0n) is 10.7. The highest BCUT2D eigenvalue weighted by molar-refractivity contribution is 7.80. The van der Waals surface area contributed by atoms with E-state index in [1.54, 1.807) is 0 Å². The number of likely N-dealkylation sites (tertiary alicyclic amines) is 1. The average Bonchev–Trinajstić information content (AvgIpc) is 2.85. The molecule has 0 aromatic carbocycles. The van der Waals surface area contributed by atoms with Crippen LogP contribution in [0, 0.1) is 11.3 Å². The van der Waals surface area contributed by atoms with Gasteiger partial charge in [0.15, 0.2) is 0 Å². The highest BCUT2D eigenvalue weighted by Gasteiger charge is 2.46. The highest BCUT2D eigenvalue weighted by atomic mass is 32.1. The van der Waals surface area contributed by atoms with E-state index in [2.05, 4.69) is 4.90 Å². The van der Waals surface area contributed by atoms with Crippen molar-refractivity contribution < 1.29 is 0 Å². The van der Waals surface area contributed by atoms with E-state index in [9.17, 15) is 0 Å². The summed E-state index contributed by atoms with van der Waals surface area (Å²) in [7, 11) is 0. The maximum atomic E-state index is 5.74. The van der Waals surface area contributed by atoms with Crippen molar-refractivity contribution in [2.75, 3.05) is 13.1 Å². The van der Waals surface area contributed by atoms with E-state index in [4.69, 9.17) is 18.0 Å². The van der Waals surface area contributed by atoms with Crippen molar-refractivity contribution in [2.45, 2.75) is 57.4 Å². The zero-order valence-corrected chi connectivity index (χ0v) is 11.5. The van der Waals surface area contributed by atoms with Crippen molar-refractivity contribution in [1.82, 2.24) is 4.90 Å². The summed E-state index contributed by atoms with van der Waals surface area (Å²) in [5.74, 6) is 1.00. The molecule has 1 heterocycles. The molecule has 1 saturated heterocycles. The van der Waals surface area contributed by atoms with Gasteiger partial charge in [-0.05, 0) is 56.4 Å². The SMILES string of the molecule is NC(=S)CC1(CN2CCCC3CCCC32)CC1. The lowest BCUT2D eigenvalue weighted by molar-refractivity contribution is 0.0904. The van der Waals surface area contributed by atoms with Crippen molar-refractivity contribution in [3.05, 3.63) is 0 Å². The van der Waals surface area contributed by atoms with Crippen LogP contribution in [0.2, 0.25) is 0 Å². The minimum Gasteiger partial charge on any atom is -0.393 e. The molecular formula is C14H24N2S. The second-order valence-corrected chi connectivity index (χ2v) is 7.04. The molecule has 3 heteroatoms. The topological polar surface area (TPSA) is 29.3 Å². The number of nitrogens with two attached hydrogens (primary N) is 1. The smallest absolute Gasteiger partial charge is 0.0733 e. The molecule has 0 spiro atoms. The van der Waals surface area contributed by atoms with Crippen LogP contribution in [-0.2, 0) is 0 Å². The summed E-state index contributed by atoms with van der Waals surface area (Å²) < 4.78 is 0. The molecule has 2 saturated carbocycles. The Labute approximate surface area is 110 Å². The molecule has 2 N–H and O–H groups in total. The molecule has 0 bridgehead atoms. The average molecular weight is 252 g/mol. The van der Waals surface area contributed by atoms with Gasteiger partial charge in [0.05, 0.1) is 4.99 Å². The van der Waals surface area contributed by atoms with Crippen molar-refractivity contribution in [1.29, 1.82) is 0 Å². The molecule has 17 heavy (non-hydrogen) atoms. The molecule has 0 amide bonds. The lowest BCUT2D eigenvalue weighted by atomic mass is 9.90. The normalized spacial score (nSPS) is 35.5. The minimum atomic E-state index is 0.482. The van der Waals surface area contributed by atoms with Crippen molar-refractivity contribution in [3.63, 3.8) is 0 Å². The first-order valence-electron chi connectivity index (χ1n) is 7.21. The summed E-state index contributed by atoms with van der Waals surface area (Å²) in [5, 5.41) is 0. The van der Waals surface area contributed by atoms with Crippen molar-refractivity contribution in [3.8, 4) is 0 Å². The van der Waals surface area contributed by atoms with Crippen LogP contribution >= 0.6 is 12.2 Å². The number of thiocarbonyl (C=S) groups is 1. The van der Waals surface area contributed by atoms with E-state index in [-0.39, 0.29) is 0 Å². The number of hydrogen-bond donors (Lipinski definition) is 1. The lowest BCUT2D eigenvalue weighted by Crippen LogP contribution is -2.45. The monoisotopic (exact) mass is 252 g/mol. The Morgan fingerprint density at radius 3 is 2.71 bits per heavy atom. The first-order chi connectivity index (χ1) is 8.19. The Hall–Kier alpha value is -0.150. The molecule has 0 aromatic heterocycles. The Bertz CT molecular complexity index is 311. The maximum absolute atomic E-state index is 5.74. The van der Waals surface area contributed by atoms with Gasteiger partial charge in [-0.1, -0.05) is 18.6 Å². The van der Waals surface area contributed by atoms with Gasteiger partial charge < -0.3 is 5.73 Å². The van der Waals surface area contributed by atoms with Crippen molar-refractivity contribution >= 4 is 17.2 Å². The fourth-order valence-corrected chi connectivity index (χ4v) is 4.43. The number of hydrogen-bond acceptors (Lipinski definition) is 2. The molecule has 0 aromatic rings. The fourth-order valence-electron chi connectivity index (χ4n) is 4.12. The van der Waals surface area contributed by atoms with E-state index in [0.717, 1.165) is 23.4 Å². The van der Waals surface area contributed by atoms with Crippen molar-refractivity contribution in [2.24, 2.45) is 17.1 Å². The van der Waals surface area contributed by atoms with Gasteiger partial charge in [-0.2, -0.15) is 0 Å². The van der Waals surface area contributed by atoms with Gasteiger partial charge in [-0.15, -0.1) is 0 Å². The molecule has 3 aliphatic rings. The van der Waals surface area contributed by atoms with Crippen LogP contribution in [0.3, 0.4) is 0 Å². The third-order valence-corrected chi connectivity index (χ3v) is 5.30. The van der Waals surface area contributed by atoms with Gasteiger partial charge >= 0.3 is 0 Å². The summed E-state index contributed by atoms with van der Waals surface area (Å²) in [6.07, 6.45) is 10.9. The summed E-state index contributed by atoms with van der Waals surface area (Å²) in [6.45, 7) is 2.59. The molecule has 3 rings (SSSR count). The first kappa shape index (κ1) is 11.9. The van der Waals surface area contributed by atoms with Gasteiger partial charge in [-0.25, -0.2) is 0 Å². The van der Waals surface area contributed by atoms with Gasteiger partial charge in [0.25, 0.3) is 0 Å². The van der Waals surface area contributed by atoms with Crippen LogP contribution in [0.4, 0.5) is 0 Å². The molecule has 1 aliphatic heterocycles. The Kier molecular flexibility index (Phi) is 3.16. The lowest BCUT2D eigenvalue weighted by Gasteiger charge is -2.40.